The van der Waals surface area contributed by atoms with Gasteiger partial charge in [0.2, 0.25) is 0 Å². The van der Waals surface area contributed by atoms with Crippen molar-refractivity contribution >= 4 is 45.8 Å². The molecule has 0 amide bonds. The molecule has 0 nitrogen and oxygen atoms in total. The first-order valence-corrected chi connectivity index (χ1v) is 20.0. The molecule has 5 aliphatic rings. The van der Waals surface area contributed by atoms with Gasteiger partial charge in [-0.2, -0.15) is 0 Å². The summed E-state index contributed by atoms with van der Waals surface area (Å²) in [7, 11) is 0. The lowest BCUT2D eigenvalue weighted by Gasteiger charge is -2.29. The Morgan fingerprint density at radius 3 is 1.51 bits per heavy atom. The number of hydrogen-bond acceptors (Lipinski definition) is 0. The Labute approximate surface area is 313 Å². The molecule has 258 valence electrons. The summed E-state index contributed by atoms with van der Waals surface area (Å²) >= 11 is 0. The normalized spacial score (nSPS) is 23.9. The highest BCUT2D eigenvalue weighted by molar-refractivity contribution is 6.03. The zero-order valence-electron chi connectivity index (χ0n) is 31.9. The molecule has 0 aromatic heterocycles. The average molecular weight is 683 g/mol. The number of rotatable bonds is 2. The van der Waals surface area contributed by atoms with E-state index in [1.807, 2.05) is 6.92 Å². The predicted molar refractivity (Wildman–Crippen MR) is 226 cm³/mol. The van der Waals surface area contributed by atoms with Gasteiger partial charge in [-0.1, -0.05) is 105 Å². The zero-order valence-corrected chi connectivity index (χ0v) is 31.9. The topological polar surface area (TPSA) is 0 Å². The first-order valence-electron chi connectivity index (χ1n) is 20.0. The highest BCUT2D eigenvalue weighted by Crippen LogP contribution is 2.52. The molecule has 0 heterocycles. The Morgan fingerprint density at radius 1 is 0.585 bits per heavy atom. The van der Waals surface area contributed by atoms with Crippen molar-refractivity contribution in [3.8, 4) is 45.2 Å². The second-order valence-corrected chi connectivity index (χ2v) is 17.3. The van der Waals surface area contributed by atoms with Gasteiger partial charge in [0.15, 0.2) is 0 Å². The van der Waals surface area contributed by atoms with Gasteiger partial charge in [0.1, 0.15) is 0 Å². The molecule has 6 aromatic carbocycles. The summed E-state index contributed by atoms with van der Waals surface area (Å²) < 4.78 is 0. The Balaban J connectivity index is 1.09. The Morgan fingerprint density at radius 2 is 1.06 bits per heavy atom. The SMILES string of the molecule is CC#CC1(C)c2cc(-c3cc(C)c4c5c6c(ccc35)=CC(C)CC6CC=4)ccc2-c2ccc(-c3cc(C)c4c5c6c(ccc35)=CC(C)CC6CC=4)cc21. The summed E-state index contributed by atoms with van der Waals surface area (Å²) in [5.74, 6) is 9.64. The van der Waals surface area contributed by atoms with Crippen LogP contribution in [0, 0.1) is 37.5 Å². The molecule has 53 heavy (non-hydrogen) atoms. The van der Waals surface area contributed by atoms with Crippen LogP contribution in [0.5, 0.6) is 0 Å². The van der Waals surface area contributed by atoms with Crippen LogP contribution in [0.4, 0.5) is 0 Å². The molecule has 4 atom stereocenters. The summed E-state index contributed by atoms with van der Waals surface area (Å²) in [6, 6.07) is 29.0. The second kappa shape index (κ2) is 11.0. The summed E-state index contributed by atoms with van der Waals surface area (Å²) in [6.07, 6.45) is 14.9. The van der Waals surface area contributed by atoms with Gasteiger partial charge in [-0.15, -0.1) is 5.92 Å². The summed E-state index contributed by atoms with van der Waals surface area (Å²) in [4.78, 5) is 0. The highest BCUT2D eigenvalue weighted by atomic mass is 14.4. The standard InChI is InChI=1S/C53H46/c1-7-20-53(6)47-27-33(45-25-31(4)39-14-10-35-21-29(2)23-37-12-18-43(45)51(39)49(35)37)8-16-41(47)42-17-9-34(28-48(42)53)46-26-32(5)40-15-11-36-22-30(3)24-38-13-19-44(46)52(40)50(36)38/h8-9,12-19,23-30,35-36H,10-11,21-22H2,1-6H3. The minimum Gasteiger partial charge on any atom is -0.105 e. The molecule has 0 aliphatic heterocycles. The molecule has 5 aliphatic carbocycles. The molecule has 0 saturated heterocycles. The lowest BCUT2D eigenvalue weighted by Crippen LogP contribution is -2.28. The fourth-order valence-corrected chi connectivity index (χ4v) is 11.7. The maximum Gasteiger partial charge on any atom is 0.0795 e. The van der Waals surface area contributed by atoms with Crippen LogP contribution in [0.2, 0.25) is 0 Å². The Hall–Kier alpha value is -5.12. The van der Waals surface area contributed by atoms with Gasteiger partial charge in [0.25, 0.3) is 0 Å². The number of fused-ring (bicyclic) bond motifs is 3. The Kier molecular flexibility index (Phi) is 6.50. The minimum absolute atomic E-state index is 0.413. The molecule has 0 bridgehead atoms. The smallest absolute Gasteiger partial charge is 0.0795 e. The van der Waals surface area contributed by atoms with E-state index in [1.54, 1.807) is 11.1 Å². The van der Waals surface area contributed by atoms with Crippen LogP contribution in [0.15, 0.2) is 72.8 Å². The maximum atomic E-state index is 3.76. The average Bonchev–Trinajstić information content (AvgIpc) is 3.39. The van der Waals surface area contributed by atoms with E-state index in [0.717, 1.165) is 12.8 Å². The molecule has 0 radical (unpaired) electrons. The van der Waals surface area contributed by atoms with Crippen molar-refractivity contribution in [3.05, 3.63) is 127 Å². The van der Waals surface area contributed by atoms with E-state index in [2.05, 4.69) is 144 Å². The van der Waals surface area contributed by atoms with Crippen LogP contribution in [-0.2, 0) is 5.41 Å². The minimum atomic E-state index is -0.413. The van der Waals surface area contributed by atoms with Gasteiger partial charge < -0.3 is 0 Å². The van der Waals surface area contributed by atoms with Gasteiger partial charge in [0, 0.05) is 0 Å². The van der Waals surface area contributed by atoms with Crippen molar-refractivity contribution in [3.63, 3.8) is 0 Å². The quantitative estimate of drug-likeness (QED) is 0.160. The maximum absolute atomic E-state index is 3.76. The fraction of sp³-hybridized carbons (Fsp3) is 0.283. The molecular weight excluding hydrogens is 637 g/mol. The summed E-state index contributed by atoms with van der Waals surface area (Å²) in [6.45, 7) is 13.7. The first-order chi connectivity index (χ1) is 25.7. The highest BCUT2D eigenvalue weighted by Gasteiger charge is 2.39. The second-order valence-electron chi connectivity index (χ2n) is 17.3. The third kappa shape index (κ3) is 4.26. The van der Waals surface area contributed by atoms with Gasteiger partial charge in [-0.25, -0.2) is 0 Å². The van der Waals surface area contributed by atoms with Crippen molar-refractivity contribution in [2.24, 2.45) is 11.8 Å². The van der Waals surface area contributed by atoms with Gasteiger partial charge in [-0.05, 0) is 198 Å². The predicted octanol–water partition coefficient (Wildman–Crippen LogP) is 10.4. The van der Waals surface area contributed by atoms with Gasteiger partial charge >= 0.3 is 0 Å². The van der Waals surface area contributed by atoms with Crippen molar-refractivity contribution in [1.82, 2.24) is 0 Å². The van der Waals surface area contributed by atoms with Gasteiger partial charge in [0.05, 0.1) is 5.41 Å². The molecule has 11 rings (SSSR count). The van der Waals surface area contributed by atoms with E-state index >= 15 is 0 Å². The van der Waals surface area contributed by atoms with Crippen molar-refractivity contribution < 1.29 is 0 Å². The molecule has 0 heteroatoms. The largest absolute Gasteiger partial charge is 0.105 e. The number of aryl methyl sites for hydroxylation is 2. The molecule has 0 spiro atoms. The molecule has 0 N–H and O–H groups in total. The van der Waals surface area contributed by atoms with E-state index in [1.165, 1.54) is 111 Å². The molecule has 0 saturated carbocycles. The molecule has 0 fully saturated rings. The Bertz CT molecular complexity index is 2800. The monoisotopic (exact) mass is 682 g/mol. The van der Waals surface area contributed by atoms with Crippen molar-refractivity contribution in [2.45, 2.75) is 84.5 Å². The molecule has 6 aromatic rings. The lowest BCUT2D eigenvalue weighted by atomic mass is 9.74. The van der Waals surface area contributed by atoms with E-state index in [9.17, 15) is 0 Å². The summed E-state index contributed by atoms with van der Waals surface area (Å²) in [5.41, 5.74) is 16.1. The van der Waals surface area contributed by atoms with Crippen LogP contribution in [0.3, 0.4) is 0 Å². The van der Waals surface area contributed by atoms with E-state index in [-0.39, 0.29) is 0 Å². The van der Waals surface area contributed by atoms with Crippen LogP contribution >= 0.6 is 0 Å². The molecular formula is C53H46. The lowest BCUT2D eigenvalue weighted by molar-refractivity contribution is 0.549. The fourth-order valence-electron chi connectivity index (χ4n) is 11.7. The summed E-state index contributed by atoms with van der Waals surface area (Å²) in [5, 5.41) is 11.6. The number of hydrogen-bond donors (Lipinski definition) is 0. The van der Waals surface area contributed by atoms with Crippen LogP contribution in [-0.4, -0.2) is 0 Å². The third-order valence-electron chi connectivity index (χ3n) is 13.9. The van der Waals surface area contributed by atoms with Crippen LogP contribution < -0.4 is 20.9 Å². The third-order valence-corrected chi connectivity index (χ3v) is 13.9. The molecule has 4 unspecified atom stereocenters. The van der Waals surface area contributed by atoms with E-state index < -0.39 is 5.41 Å². The number of benzene rings is 6. The van der Waals surface area contributed by atoms with Crippen molar-refractivity contribution in [1.29, 1.82) is 0 Å². The van der Waals surface area contributed by atoms with Crippen LogP contribution in [0.1, 0.15) is 98.6 Å². The first kappa shape index (κ1) is 31.4. The van der Waals surface area contributed by atoms with E-state index in [4.69, 9.17) is 0 Å². The van der Waals surface area contributed by atoms with Gasteiger partial charge in [-0.3, -0.25) is 0 Å². The van der Waals surface area contributed by atoms with Crippen molar-refractivity contribution in [2.75, 3.05) is 0 Å². The van der Waals surface area contributed by atoms with E-state index in [0.29, 0.717) is 23.7 Å². The zero-order chi connectivity index (χ0) is 35.9. The van der Waals surface area contributed by atoms with Crippen LogP contribution in [0.25, 0.3) is 79.2 Å².